The molecule has 0 atom stereocenters. The van der Waals surface area contributed by atoms with Gasteiger partial charge in [-0.15, -0.1) is 0 Å². The summed E-state index contributed by atoms with van der Waals surface area (Å²) in [5, 5.41) is 0.707. The van der Waals surface area contributed by atoms with Gasteiger partial charge in [0.05, 0.1) is 12.2 Å². The van der Waals surface area contributed by atoms with Crippen LogP contribution in [0, 0.1) is 11.6 Å². The molecule has 0 radical (unpaired) electrons. The second kappa shape index (κ2) is 15.3. The Kier molecular flexibility index (Phi) is 12.5. The van der Waals surface area contributed by atoms with Gasteiger partial charge in [-0.2, -0.15) is 0 Å². The fourth-order valence-electron chi connectivity index (χ4n) is 3.56. The van der Waals surface area contributed by atoms with Crippen LogP contribution in [0.5, 0.6) is 0 Å². The van der Waals surface area contributed by atoms with Gasteiger partial charge in [-0.05, 0) is 98.0 Å². The van der Waals surface area contributed by atoms with Crippen LogP contribution in [-0.2, 0) is 4.74 Å². The SMILES string of the molecule is CCO/C(=C/C=C1\CCCC(/C=C/C(=[O+]CC)c2ccc(F)cc2)=C1Cl)c1ccc(F)cc1.F[B-](F)(F)F. The molecule has 0 bridgehead atoms. The van der Waals surface area contributed by atoms with Crippen molar-refractivity contribution in [3.8, 4) is 0 Å². The normalized spacial score (nSPS) is 16.1. The average Bonchev–Trinajstić information content (AvgIpc) is 2.86. The van der Waals surface area contributed by atoms with Crippen LogP contribution in [0.1, 0.15) is 48.7 Å². The van der Waals surface area contributed by atoms with Crippen molar-refractivity contribution in [2.45, 2.75) is 33.1 Å². The minimum atomic E-state index is -6.00. The highest BCUT2D eigenvalue weighted by Gasteiger charge is 2.20. The molecule has 2 aromatic carbocycles. The van der Waals surface area contributed by atoms with Gasteiger partial charge in [0.25, 0.3) is 6.61 Å². The molecule has 0 aromatic heterocycles. The lowest BCUT2D eigenvalue weighted by atomic mass is 9.93. The van der Waals surface area contributed by atoms with Crippen LogP contribution in [-0.4, -0.2) is 26.3 Å². The van der Waals surface area contributed by atoms with Crippen LogP contribution < -0.4 is 0 Å². The number of allylic oxidation sites excluding steroid dienone is 7. The summed E-state index contributed by atoms with van der Waals surface area (Å²) in [7, 11) is -6.00. The van der Waals surface area contributed by atoms with Crippen LogP contribution in [0.2, 0.25) is 0 Å². The van der Waals surface area contributed by atoms with Gasteiger partial charge in [0.1, 0.15) is 17.4 Å². The summed E-state index contributed by atoms with van der Waals surface area (Å²) < 4.78 is 77.1. The van der Waals surface area contributed by atoms with E-state index in [1.54, 1.807) is 24.3 Å². The third-order valence-electron chi connectivity index (χ3n) is 5.19. The topological polar surface area (TPSA) is 20.5 Å². The van der Waals surface area contributed by atoms with Crippen molar-refractivity contribution < 1.29 is 35.2 Å². The smallest absolute Gasteiger partial charge is 0.493 e. The van der Waals surface area contributed by atoms with Crippen molar-refractivity contribution in [2.75, 3.05) is 13.2 Å². The second-order valence-corrected chi connectivity index (χ2v) is 8.37. The lowest BCUT2D eigenvalue weighted by Gasteiger charge is -2.16. The Morgan fingerprint density at radius 1 is 0.921 bits per heavy atom. The Labute approximate surface area is 223 Å². The maximum Gasteiger partial charge on any atom is 0.673 e. The maximum atomic E-state index is 13.3. The minimum absolute atomic E-state index is 0.286. The Morgan fingerprint density at radius 3 is 2.00 bits per heavy atom. The first-order valence-electron chi connectivity index (χ1n) is 12.0. The molecule has 0 saturated heterocycles. The van der Waals surface area contributed by atoms with Gasteiger partial charge >= 0.3 is 13.0 Å². The number of halogens is 7. The number of carbonyl (C=O) groups excluding carboxylic acids is 1. The Balaban J connectivity index is 0.000000926. The van der Waals surface area contributed by atoms with Crippen molar-refractivity contribution in [1.29, 1.82) is 0 Å². The summed E-state index contributed by atoms with van der Waals surface area (Å²) >= 11 is 6.74. The fraction of sp³-hybridized carbons (Fsp3) is 0.250. The van der Waals surface area contributed by atoms with Gasteiger partial charge < -0.3 is 22.0 Å². The zero-order valence-electron chi connectivity index (χ0n) is 21.0. The van der Waals surface area contributed by atoms with Crippen LogP contribution in [0.3, 0.4) is 0 Å². The Morgan fingerprint density at radius 2 is 1.47 bits per heavy atom. The summed E-state index contributed by atoms with van der Waals surface area (Å²) in [6, 6.07) is 12.5. The van der Waals surface area contributed by atoms with E-state index in [1.165, 1.54) is 24.3 Å². The van der Waals surface area contributed by atoms with E-state index >= 15 is 0 Å². The first-order chi connectivity index (χ1) is 18.0. The van der Waals surface area contributed by atoms with E-state index in [9.17, 15) is 26.0 Å². The van der Waals surface area contributed by atoms with Crippen molar-refractivity contribution in [3.05, 3.63) is 112 Å². The summed E-state index contributed by atoms with van der Waals surface area (Å²) in [5.41, 5.74) is 3.64. The number of rotatable bonds is 8. The van der Waals surface area contributed by atoms with E-state index in [-0.39, 0.29) is 11.6 Å². The van der Waals surface area contributed by atoms with Crippen molar-refractivity contribution >= 4 is 30.4 Å². The van der Waals surface area contributed by atoms with Gasteiger partial charge in [-0.3, -0.25) is 4.42 Å². The van der Waals surface area contributed by atoms with E-state index in [0.717, 1.165) is 41.5 Å². The van der Waals surface area contributed by atoms with E-state index in [2.05, 4.69) is 0 Å². The van der Waals surface area contributed by atoms with Crippen molar-refractivity contribution in [3.63, 3.8) is 0 Å². The third kappa shape index (κ3) is 11.0. The molecule has 0 aliphatic heterocycles. The molecule has 0 amide bonds. The fourth-order valence-corrected chi connectivity index (χ4v) is 3.87. The van der Waals surface area contributed by atoms with Crippen LogP contribution in [0.25, 0.3) is 5.76 Å². The number of ether oxygens (including phenoxy) is 1. The molecular weight excluding hydrogens is 529 g/mol. The molecule has 0 saturated carbocycles. The first-order valence-corrected chi connectivity index (χ1v) is 12.4. The summed E-state index contributed by atoms with van der Waals surface area (Å²) in [5.74, 6) is 0.763. The summed E-state index contributed by atoms with van der Waals surface area (Å²) in [6.45, 7) is 4.83. The molecule has 0 fully saturated rings. The molecule has 10 heteroatoms. The quantitative estimate of drug-likeness (QED) is 0.0793. The maximum absolute atomic E-state index is 13.3. The molecule has 3 rings (SSSR count). The Bertz CT molecular complexity index is 1190. The zero-order valence-corrected chi connectivity index (χ0v) is 21.8. The molecule has 2 nitrogen and oxygen atoms in total. The number of hydrogen-bond acceptors (Lipinski definition) is 1. The van der Waals surface area contributed by atoms with E-state index < -0.39 is 7.25 Å². The molecule has 0 N–H and O–H groups in total. The van der Waals surface area contributed by atoms with Crippen molar-refractivity contribution in [2.24, 2.45) is 0 Å². The number of ketones is 1. The minimum Gasteiger partial charge on any atom is -0.493 e. The lowest BCUT2D eigenvalue weighted by molar-refractivity contribution is -0.261. The van der Waals surface area contributed by atoms with E-state index in [0.29, 0.717) is 29.8 Å². The molecule has 38 heavy (non-hydrogen) atoms. The molecule has 2 aromatic rings. The highest BCUT2D eigenvalue weighted by molar-refractivity contribution is 6.50. The average molecular weight is 557 g/mol. The van der Waals surface area contributed by atoms with Gasteiger partial charge in [-0.25, -0.2) is 8.78 Å². The van der Waals surface area contributed by atoms with Gasteiger partial charge in [0, 0.05) is 23.6 Å². The molecule has 0 heterocycles. The highest BCUT2D eigenvalue weighted by Crippen LogP contribution is 2.33. The zero-order chi connectivity index (χ0) is 28.1. The van der Waals surface area contributed by atoms with Crippen molar-refractivity contribution in [1.82, 2.24) is 0 Å². The van der Waals surface area contributed by atoms with Gasteiger partial charge in [-0.1, -0.05) is 17.7 Å². The third-order valence-corrected chi connectivity index (χ3v) is 5.67. The predicted molar refractivity (Wildman–Crippen MR) is 141 cm³/mol. The molecular formula is C28H28BClF6O2. The van der Waals surface area contributed by atoms with E-state index in [1.807, 2.05) is 38.2 Å². The van der Waals surface area contributed by atoms with Crippen LogP contribution in [0.4, 0.5) is 26.0 Å². The number of hydrogen-bond donors (Lipinski definition) is 0. The standard InChI is InChI=1S/C28H28ClF2O2.BF4/c1-3-32-26(20-8-14-24(30)15-9-20)18-12-22-6-5-7-23(28(22)29)13-19-27(33-4-2)21-10-16-25(31)17-11-21;2-1(3,4)5/h8-19H,3-7H2,1-2H3;/q+1;-1/b18-12+,23-13+,27-19+;. The van der Waals surface area contributed by atoms with Gasteiger partial charge in [0.2, 0.25) is 0 Å². The molecule has 0 spiro atoms. The molecule has 204 valence electrons. The molecule has 0 unspecified atom stereocenters. The van der Waals surface area contributed by atoms with Gasteiger partial charge in [0.15, 0.2) is 0 Å². The molecule has 1 aliphatic carbocycles. The van der Waals surface area contributed by atoms with Crippen LogP contribution in [0.15, 0.2) is 89.0 Å². The Hall–Kier alpha value is -3.20. The predicted octanol–water partition coefficient (Wildman–Crippen LogP) is 9.24. The largest absolute Gasteiger partial charge is 0.673 e. The highest BCUT2D eigenvalue weighted by atomic mass is 35.5. The van der Waals surface area contributed by atoms with E-state index in [4.69, 9.17) is 20.8 Å². The second-order valence-electron chi connectivity index (χ2n) is 7.99. The molecule has 1 aliphatic rings. The lowest BCUT2D eigenvalue weighted by Crippen LogP contribution is -2.02. The monoisotopic (exact) mass is 556 g/mol. The first kappa shape index (κ1) is 31.0. The number of benzene rings is 2. The van der Waals surface area contributed by atoms with Crippen LogP contribution >= 0.6 is 11.6 Å². The summed E-state index contributed by atoms with van der Waals surface area (Å²) in [6.07, 6.45) is 10.4. The summed E-state index contributed by atoms with van der Waals surface area (Å²) in [4.78, 5) is 0.